The van der Waals surface area contributed by atoms with E-state index < -0.39 is 17.8 Å². The molecule has 190 valence electrons. The highest BCUT2D eigenvalue weighted by atomic mass is 16.5. The molecule has 0 saturated carbocycles. The molecule has 0 bridgehead atoms. The van der Waals surface area contributed by atoms with Gasteiger partial charge >= 0.3 is 6.03 Å². The molecule has 2 N–H and O–H groups in total. The first-order valence-corrected chi connectivity index (χ1v) is 12.0. The zero-order valence-electron chi connectivity index (χ0n) is 20.5. The van der Waals surface area contributed by atoms with E-state index >= 15 is 0 Å². The molecule has 5 amide bonds. The van der Waals surface area contributed by atoms with E-state index in [4.69, 9.17) is 4.74 Å². The van der Waals surface area contributed by atoms with Gasteiger partial charge in [0.1, 0.15) is 17.9 Å². The Morgan fingerprint density at radius 1 is 0.947 bits per heavy atom. The monoisotopic (exact) mass is 508 g/mol. The van der Waals surface area contributed by atoms with Gasteiger partial charge in [-0.3, -0.25) is 19.7 Å². The Morgan fingerprint density at radius 2 is 1.66 bits per heavy atom. The lowest BCUT2D eigenvalue weighted by Crippen LogP contribution is -2.54. The highest BCUT2D eigenvalue weighted by Crippen LogP contribution is 2.32. The third-order valence-electron chi connectivity index (χ3n) is 6.00. The van der Waals surface area contributed by atoms with E-state index in [-0.39, 0.29) is 23.7 Å². The average molecular weight is 509 g/mol. The summed E-state index contributed by atoms with van der Waals surface area (Å²) in [7, 11) is 0. The number of imide groups is 2. The van der Waals surface area contributed by atoms with Crippen molar-refractivity contribution in [1.29, 1.82) is 0 Å². The number of barbiturate groups is 1. The van der Waals surface area contributed by atoms with E-state index in [1.54, 1.807) is 54.1 Å². The van der Waals surface area contributed by atoms with E-state index in [9.17, 15) is 19.2 Å². The van der Waals surface area contributed by atoms with Crippen LogP contribution < -0.4 is 20.3 Å². The number of anilines is 2. The number of carbonyl (C=O) groups excluding carboxylic acids is 4. The van der Waals surface area contributed by atoms with E-state index in [1.807, 2.05) is 42.5 Å². The van der Waals surface area contributed by atoms with Crippen molar-refractivity contribution in [3.05, 3.63) is 96.2 Å². The molecule has 0 atom stereocenters. The molecule has 38 heavy (non-hydrogen) atoms. The lowest BCUT2D eigenvalue weighted by molar-refractivity contribution is -0.122. The minimum atomic E-state index is -0.857. The second-order valence-corrected chi connectivity index (χ2v) is 8.50. The lowest BCUT2D eigenvalue weighted by atomic mass is 10.1. The summed E-state index contributed by atoms with van der Waals surface area (Å²) >= 11 is 0. The first-order valence-electron chi connectivity index (χ1n) is 12.0. The van der Waals surface area contributed by atoms with Crippen LogP contribution in [-0.4, -0.2) is 34.9 Å². The van der Waals surface area contributed by atoms with Crippen molar-refractivity contribution in [3.8, 4) is 5.75 Å². The van der Waals surface area contributed by atoms with Crippen LogP contribution in [0, 0.1) is 0 Å². The normalized spacial score (nSPS) is 14.6. The SMILES string of the molecule is CCOc1ccccc1N1C(=O)NC(=O)/C(=C\c2cn(CC(=O)Nc3ccccc3)c3ccccc23)C1=O. The molecule has 1 aromatic heterocycles. The van der Waals surface area contributed by atoms with Crippen LogP contribution in [0.25, 0.3) is 17.0 Å². The van der Waals surface area contributed by atoms with Gasteiger partial charge in [0.15, 0.2) is 0 Å². The molecule has 1 aliphatic heterocycles. The molecule has 9 nitrogen and oxygen atoms in total. The Hall–Kier alpha value is -5.18. The summed E-state index contributed by atoms with van der Waals surface area (Å²) in [5.74, 6) is -1.46. The molecule has 3 aromatic carbocycles. The van der Waals surface area contributed by atoms with E-state index in [0.29, 0.717) is 23.6 Å². The van der Waals surface area contributed by atoms with E-state index in [2.05, 4.69) is 10.6 Å². The fourth-order valence-corrected chi connectivity index (χ4v) is 4.35. The van der Waals surface area contributed by atoms with Crippen molar-refractivity contribution < 1.29 is 23.9 Å². The van der Waals surface area contributed by atoms with Gasteiger partial charge in [0.05, 0.1) is 12.3 Å². The van der Waals surface area contributed by atoms with Crippen molar-refractivity contribution in [1.82, 2.24) is 9.88 Å². The van der Waals surface area contributed by atoms with Crippen molar-refractivity contribution >= 4 is 52.1 Å². The number of para-hydroxylation sites is 4. The average Bonchev–Trinajstić information content (AvgIpc) is 3.25. The number of ether oxygens (including phenoxy) is 1. The van der Waals surface area contributed by atoms with Gasteiger partial charge in [-0.25, -0.2) is 9.69 Å². The number of aromatic nitrogens is 1. The molecule has 1 saturated heterocycles. The van der Waals surface area contributed by atoms with Crippen LogP contribution in [0.15, 0.2) is 90.6 Å². The van der Waals surface area contributed by atoms with Crippen LogP contribution >= 0.6 is 0 Å². The number of hydrogen-bond acceptors (Lipinski definition) is 5. The predicted octanol–water partition coefficient (Wildman–Crippen LogP) is 4.35. The molecular weight excluding hydrogens is 484 g/mol. The summed E-state index contributed by atoms with van der Waals surface area (Å²) in [5, 5.41) is 5.84. The van der Waals surface area contributed by atoms with Crippen LogP contribution in [0.2, 0.25) is 0 Å². The fourth-order valence-electron chi connectivity index (χ4n) is 4.35. The van der Waals surface area contributed by atoms with Gasteiger partial charge in [0.25, 0.3) is 11.8 Å². The van der Waals surface area contributed by atoms with Gasteiger partial charge in [0, 0.05) is 28.4 Å². The third-order valence-corrected chi connectivity index (χ3v) is 6.00. The van der Waals surface area contributed by atoms with Gasteiger partial charge in [-0.15, -0.1) is 0 Å². The third kappa shape index (κ3) is 4.77. The lowest BCUT2D eigenvalue weighted by Gasteiger charge is -2.27. The minimum Gasteiger partial charge on any atom is -0.492 e. The minimum absolute atomic E-state index is 0.0189. The van der Waals surface area contributed by atoms with Crippen LogP contribution in [0.4, 0.5) is 16.2 Å². The summed E-state index contributed by atoms with van der Waals surface area (Å²) in [4.78, 5) is 52.6. The Balaban J connectivity index is 1.50. The molecule has 0 aliphatic carbocycles. The van der Waals surface area contributed by atoms with E-state index in [1.165, 1.54) is 6.08 Å². The Kier molecular flexibility index (Phi) is 6.73. The fraction of sp³-hybridized carbons (Fsp3) is 0.103. The number of nitrogens with one attached hydrogen (secondary N) is 2. The predicted molar refractivity (Wildman–Crippen MR) is 144 cm³/mol. The van der Waals surface area contributed by atoms with Crippen LogP contribution in [0.5, 0.6) is 5.75 Å². The van der Waals surface area contributed by atoms with Gasteiger partial charge in [0.2, 0.25) is 5.91 Å². The maximum Gasteiger partial charge on any atom is 0.336 e. The highest BCUT2D eigenvalue weighted by Gasteiger charge is 2.38. The molecule has 0 unspecified atom stereocenters. The van der Waals surface area contributed by atoms with Gasteiger partial charge in [-0.2, -0.15) is 0 Å². The van der Waals surface area contributed by atoms with Gasteiger partial charge in [-0.05, 0) is 43.3 Å². The van der Waals surface area contributed by atoms with Gasteiger partial charge < -0.3 is 14.6 Å². The van der Waals surface area contributed by atoms with Crippen LogP contribution in [-0.2, 0) is 20.9 Å². The molecule has 5 rings (SSSR count). The molecule has 1 fully saturated rings. The molecule has 0 radical (unpaired) electrons. The first-order chi connectivity index (χ1) is 18.5. The standard InChI is InChI=1S/C29H24N4O5/c1-2-38-25-15-9-8-14-24(25)33-28(36)22(27(35)31-29(33)37)16-19-17-32(23-13-7-6-12-21(19)23)18-26(34)30-20-10-4-3-5-11-20/h3-17H,2,18H2,1H3,(H,30,34)(H,31,35,37)/b22-16+. The highest BCUT2D eigenvalue weighted by molar-refractivity contribution is 6.39. The number of carbonyl (C=O) groups is 4. The quantitative estimate of drug-likeness (QED) is 0.285. The number of nitrogens with zero attached hydrogens (tertiary/aromatic N) is 2. The number of amides is 5. The Morgan fingerprint density at radius 3 is 2.45 bits per heavy atom. The van der Waals surface area contributed by atoms with Gasteiger partial charge in [-0.1, -0.05) is 48.5 Å². The van der Waals surface area contributed by atoms with Crippen molar-refractivity contribution in [2.45, 2.75) is 13.5 Å². The summed E-state index contributed by atoms with van der Waals surface area (Å²) in [6.07, 6.45) is 3.14. The molecule has 2 heterocycles. The summed E-state index contributed by atoms with van der Waals surface area (Å²) < 4.78 is 7.34. The summed E-state index contributed by atoms with van der Waals surface area (Å²) in [6, 6.07) is 22.2. The number of benzene rings is 3. The topological polar surface area (TPSA) is 110 Å². The number of urea groups is 1. The molecule has 1 aliphatic rings. The Labute approximate surface area is 218 Å². The molecule has 0 spiro atoms. The van der Waals surface area contributed by atoms with Crippen molar-refractivity contribution in [2.75, 3.05) is 16.8 Å². The van der Waals surface area contributed by atoms with Crippen LogP contribution in [0.1, 0.15) is 12.5 Å². The zero-order chi connectivity index (χ0) is 26.6. The number of rotatable bonds is 7. The molecule has 9 heteroatoms. The molecule has 4 aromatic rings. The van der Waals surface area contributed by atoms with E-state index in [0.717, 1.165) is 15.8 Å². The van der Waals surface area contributed by atoms with Crippen molar-refractivity contribution in [2.24, 2.45) is 0 Å². The number of hydrogen-bond donors (Lipinski definition) is 2. The maximum absolute atomic E-state index is 13.5. The molecular formula is C29H24N4O5. The maximum atomic E-state index is 13.5. The summed E-state index contributed by atoms with van der Waals surface area (Å²) in [6.45, 7) is 2.14. The van der Waals surface area contributed by atoms with Crippen molar-refractivity contribution in [3.63, 3.8) is 0 Å². The largest absolute Gasteiger partial charge is 0.492 e. The summed E-state index contributed by atoms with van der Waals surface area (Å²) in [5.41, 5.74) is 2.00. The second kappa shape index (κ2) is 10.4. The second-order valence-electron chi connectivity index (χ2n) is 8.50. The number of fused-ring (bicyclic) bond motifs is 1. The Bertz CT molecular complexity index is 1590. The van der Waals surface area contributed by atoms with Crippen LogP contribution in [0.3, 0.4) is 0 Å². The smallest absolute Gasteiger partial charge is 0.336 e. The zero-order valence-corrected chi connectivity index (χ0v) is 20.5. The first kappa shape index (κ1) is 24.5.